The Morgan fingerprint density at radius 1 is 1.12 bits per heavy atom. The van der Waals surface area contributed by atoms with Crippen LogP contribution in [-0.4, -0.2) is 22.9 Å². The average Bonchev–Trinajstić information content (AvgIpc) is 2.94. The zero-order valence-corrected chi connectivity index (χ0v) is 14.4. The maximum Gasteiger partial charge on any atom is 0.420 e. The van der Waals surface area contributed by atoms with Crippen LogP contribution in [0.5, 0.6) is 0 Å². The minimum atomic E-state index is -0.651. The van der Waals surface area contributed by atoms with Crippen LogP contribution >= 0.6 is 0 Å². The molecule has 0 aliphatic rings. The van der Waals surface area contributed by atoms with Crippen LogP contribution in [0.1, 0.15) is 29.3 Å². The molecule has 1 aromatic heterocycles. The van der Waals surface area contributed by atoms with Crippen LogP contribution in [0, 0.1) is 0 Å². The van der Waals surface area contributed by atoms with E-state index in [0.717, 1.165) is 6.42 Å². The van der Waals surface area contributed by atoms with Gasteiger partial charge in [-0.2, -0.15) is 0 Å². The summed E-state index contributed by atoms with van der Waals surface area (Å²) in [5.41, 5.74) is 2.37. The lowest BCUT2D eigenvalue weighted by atomic mass is 10.1. The molecule has 0 aliphatic carbocycles. The topological polar surface area (TPSA) is 78.5 Å². The normalized spacial score (nSPS) is 10.8. The van der Waals surface area contributed by atoms with Crippen LogP contribution < -0.4 is 5.76 Å². The fourth-order valence-electron chi connectivity index (χ4n) is 2.72. The van der Waals surface area contributed by atoms with Crippen molar-refractivity contribution in [1.29, 1.82) is 0 Å². The molecule has 0 fully saturated rings. The van der Waals surface area contributed by atoms with Crippen molar-refractivity contribution in [3.8, 4) is 0 Å². The van der Waals surface area contributed by atoms with Crippen LogP contribution in [-0.2, 0) is 22.5 Å². The molecule has 134 valence electrons. The van der Waals surface area contributed by atoms with Gasteiger partial charge in [0.25, 0.3) is 0 Å². The lowest BCUT2D eigenvalue weighted by Gasteiger charge is -2.06. The van der Waals surface area contributed by atoms with Crippen molar-refractivity contribution in [2.75, 3.05) is 6.61 Å². The predicted octanol–water partition coefficient (Wildman–Crippen LogP) is 2.97. The number of carbonyl (C=O) groups excluding carboxylic acids is 2. The van der Waals surface area contributed by atoms with Crippen molar-refractivity contribution < 1.29 is 18.7 Å². The molecule has 0 atom stereocenters. The van der Waals surface area contributed by atoms with Gasteiger partial charge in [0.15, 0.2) is 11.4 Å². The molecule has 0 N–H and O–H groups in total. The van der Waals surface area contributed by atoms with Crippen molar-refractivity contribution in [3.63, 3.8) is 0 Å². The van der Waals surface area contributed by atoms with E-state index in [1.54, 1.807) is 12.1 Å². The molecule has 0 radical (unpaired) electrons. The Bertz CT molecular complexity index is 984. The average molecular weight is 353 g/mol. The number of hydrogen-bond donors (Lipinski definition) is 0. The molecule has 1 heterocycles. The van der Waals surface area contributed by atoms with Crippen LogP contribution in [0.3, 0.4) is 0 Å². The maximum atomic E-state index is 12.0. The van der Waals surface area contributed by atoms with Crippen molar-refractivity contribution in [3.05, 3.63) is 70.2 Å². The molecule has 6 nitrogen and oxygen atoms in total. The summed E-state index contributed by atoms with van der Waals surface area (Å²) in [7, 11) is 0. The summed E-state index contributed by atoms with van der Waals surface area (Å²) in [4.78, 5) is 35.4. The number of Topliss-reactive ketones (excluding diaryl/α,β-unsaturated/α-hetero) is 1. The van der Waals surface area contributed by atoms with Crippen LogP contribution in [0.15, 0.2) is 57.7 Å². The molecule has 0 saturated heterocycles. The van der Waals surface area contributed by atoms with Crippen molar-refractivity contribution in [2.45, 2.75) is 26.3 Å². The van der Waals surface area contributed by atoms with Crippen LogP contribution in [0.2, 0.25) is 0 Å². The molecule has 2 aromatic carbocycles. The van der Waals surface area contributed by atoms with Crippen LogP contribution in [0.4, 0.5) is 0 Å². The zero-order chi connectivity index (χ0) is 18.5. The first kappa shape index (κ1) is 17.7. The van der Waals surface area contributed by atoms with Gasteiger partial charge in [0.1, 0.15) is 6.54 Å². The number of ketones is 1. The lowest BCUT2D eigenvalue weighted by Crippen LogP contribution is -2.22. The highest BCUT2D eigenvalue weighted by atomic mass is 16.5. The largest absolute Gasteiger partial charge is 0.464 e. The Kier molecular flexibility index (Phi) is 5.31. The minimum Gasteiger partial charge on any atom is -0.464 e. The van der Waals surface area contributed by atoms with E-state index in [-0.39, 0.29) is 24.5 Å². The molecule has 0 aliphatic heterocycles. The molecule has 3 rings (SSSR count). The minimum absolute atomic E-state index is 0.125. The number of rotatable bonds is 7. The standard InChI is InChI=1S/C20H19NO5/c1-14(22)16-9-10-17-18(12-16)26-20(24)21(17)13-19(23)25-11-5-8-15-6-3-2-4-7-15/h2-4,6-7,9-10,12H,5,8,11,13H2,1H3. The summed E-state index contributed by atoms with van der Waals surface area (Å²) in [5, 5.41) is 0. The quantitative estimate of drug-likeness (QED) is 0.371. The number of carbonyl (C=O) groups is 2. The molecule has 26 heavy (non-hydrogen) atoms. The molecule has 0 spiro atoms. The number of hydrogen-bond acceptors (Lipinski definition) is 5. The van der Waals surface area contributed by atoms with E-state index in [9.17, 15) is 14.4 Å². The summed E-state index contributed by atoms with van der Waals surface area (Å²) in [6.07, 6.45) is 1.52. The summed E-state index contributed by atoms with van der Waals surface area (Å²) in [5.74, 6) is -1.28. The number of aryl methyl sites for hydroxylation is 1. The fraction of sp³-hybridized carbons (Fsp3) is 0.250. The Morgan fingerprint density at radius 3 is 2.62 bits per heavy atom. The summed E-state index contributed by atoms with van der Waals surface area (Å²) in [6, 6.07) is 14.6. The van der Waals surface area contributed by atoms with Gasteiger partial charge in [-0.05, 0) is 43.5 Å². The SMILES string of the molecule is CC(=O)c1ccc2c(c1)oc(=O)n2CC(=O)OCCCc1ccccc1. The molecular weight excluding hydrogens is 334 g/mol. The molecule has 3 aromatic rings. The van der Waals surface area contributed by atoms with Crippen LogP contribution in [0.25, 0.3) is 11.1 Å². The van der Waals surface area contributed by atoms with Gasteiger partial charge in [-0.1, -0.05) is 30.3 Å². The van der Waals surface area contributed by atoms with Gasteiger partial charge < -0.3 is 9.15 Å². The van der Waals surface area contributed by atoms with E-state index in [1.807, 2.05) is 30.3 Å². The fourth-order valence-corrected chi connectivity index (χ4v) is 2.72. The van der Waals surface area contributed by atoms with E-state index in [0.29, 0.717) is 17.5 Å². The van der Waals surface area contributed by atoms with E-state index < -0.39 is 11.7 Å². The first-order valence-electron chi connectivity index (χ1n) is 8.38. The Labute approximate surface area is 150 Å². The maximum absolute atomic E-state index is 12.0. The van der Waals surface area contributed by atoms with Gasteiger partial charge in [-0.25, -0.2) is 4.79 Å². The Morgan fingerprint density at radius 2 is 1.88 bits per heavy atom. The lowest BCUT2D eigenvalue weighted by molar-refractivity contribution is -0.144. The third-order valence-electron chi connectivity index (χ3n) is 4.08. The Hall–Kier alpha value is -3.15. The second-order valence-corrected chi connectivity index (χ2v) is 6.00. The molecule has 0 saturated carbocycles. The van der Waals surface area contributed by atoms with E-state index >= 15 is 0 Å². The molecular formula is C20H19NO5. The zero-order valence-electron chi connectivity index (χ0n) is 14.4. The third-order valence-corrected chi connectivity index (χ3v) is 4.08. The molecule has 0 unspecified atom stereocenters. The summed E-state index contributed by atoms with van der Waals surface area (Å²) < 4.78 is 11.5. The van der Waals surface area contributed by atoms with E-state index in [4.69, 9.17) is 9.15 Å². The second-order valence-electron chi connectivity index (χ2n) is 6.00. The molecule has 0 bridgehead atoms. The van der Waals surface area contributed by atoms with E-state index in [2.05, 4.69) is 0 Å². The van der Waals surface area contributed by atoms with Crippen molar-refractivity contribution in [2.24, 2.45) is 0 Å². The highest BCUT2D eigenvalue weighted by Gasteiger charge is 2.14. The number of nitrogens with zero attached hydrogens (tertiary/aromatic N) is 1. The van der Waals surface area contributed by atoms with Gasteiger partial charge in [-0.15, -0.1) is 0 Å². The first-order valence-corrected chi connectivity index (χ1v) is 8.38. The van der Waals surface area contributed by atoms with Crippen molar-refractivity contribution in [1.82, 2.24) is 4.57 Å². The van der Waals surface area contributed by atoms with Gasteiger partial charge in [-0.3, -0.25) is 14.2 Å². The van der Waals surface area contributed by atoms with Gasteiger partial charge >= 0.3 is 11.7 Å². The highest BCUT2D eigenvalue weighted by Crippen LogP contribution is 2.15. The number of ether oxygens (including phenoxy) is 1. The highest BCUT2D eigenvalue weighted by molar-refractivity contribution is 5.97. The third kappa shape index (κ3) is 4.08. The smallest absolute Gasteiger partial charge is 0.420 e. The van der Waals surface area contributed by atoms with Gasteiger partial charge in [0, 0.05) is 5.56 Å². The number of esters is 1. The summed E-state index contributed by atoms with van der Waals surface area (Å²) >= 11 is 0. The number of benzene rings is 2. The number of oxazole rings is 1. The van der Waals surface area contributed by atoms with E-state index in [1.165, 1.54) is 23.1 Å². The molecule has 0 amide bonds. The van der Waals surface area contributed by atoms with Gasteiger partial charge in [0.05, 0.1) is 12.1 Å². The molecule has 6 heteroatoms. The second kappa shape index (κ2) is 7.82. The monoisotopic (exact) mass is 353 g/mol. The number of aromatic nitrogens is 1. The predicted molar refractivity (Wildman–Crippen MR) is 96.2 cm³/mol. The Balaban J connectivity index is 1.59. The number of fused-ring (bicyclic) bond motifs is 1. The summed E-state index contributed by atoms with van der Waals surface area (Å²) in [6.45, 7) is 1.49. The van der Waals surface area contributed by atoms with Gasteiger partial charge in [0.2, 0.25) is 0 Å². The first-order chi connectivity index (χ1) is 12.5. The van der Waals surface area contributed by atoms with Crippen molar-refractivity contribution >= 4 is 22.9 Å².